The number of hydrogen-bond donors (Lipinski definition) is 0. The van der Waals surface area contributed by atoms with Crippen molar-refractivity contribution in [2.45, 2.75) is 47.0 Å². The topological polar surface area (TPSA) is 57.1 Å². The van der Waals surface area contributed by atoms with Crippen LogP contribution < -0.4 is 9.47 Å². The Balaban J connectivity index is 2.32. The van der Waals surface area contributed by atoms with Crippen molar-refractivity contribution in [3.8, 4) is 11.5 Å². The molecule has 6 heteroatoms. The molecule has 0 amide bonds. The maximum Gasteiger partial charge on any atom is 0.125 e. The van der Waals surface area contributed by atoms with Crippen LogP contribution in [0.1, 0.15) is 44.2 Å². The van der Waals surface area contributed by atoms with Crippen molar-refractivity contribution >= 4 is 16.5 Å². The van der Waals surface area contributed by atoms with Gasteiger partial charge in [0.1, 0.15) is 25.2 Å². The van der Waals surface area contributed by atoms with Crippen molar-refractivity contribution in [1.29, 1.82) is 0 Å². The predicted molar refractivity (Wildman–Crippen MR) is 114 cm³/mol. The molecule has 0 N–H and O–H groups in total. The highest BCUT2D eigenvalue weighted by Gasteiger charge is 2.08. The first kappa shape index (κ1) is 23.2. The summed E-state index contributed by atoms with van der Waals surface area (Å²) in [4.78, 5) is 4.68. The van der Waals surface area contributed by atoms with Crippen LogP contribution in [0.5, 0.6) is 11.5 Å². The minimum Gasteiger partial charge on any atom is -0.493 e. The summed E-state index contributed by atoms with van der Waals surface area (Å²) >= 11 is 0. The van der Waals surface area contributed by atoms with E-state index in [1.807, 2.05) is 52.0 Å². The zero-order valence-corrected chi connectivity index (χ0v) is 18.1. The minimum absolute atomic E-state index is 0.477. The normalized spacial score (nSPS) is 13.0. The predicted octanol–water partition coefficient (Wildman–Crippen LogP) is 4.58. The standard InChI is InChI=1S/C21H33NO4S/c1-6-7-11-25-20-14-17(2)21(18(3)15-20)26-12-9-8-10-13-27(23)16-19(4)22-24-5/h6-7,14-15H,8-13,16H2,1-5H3/b7-6+,22-19+. The number of unbranched alkanes of at least 4 members (excludes halogenated alkanes) is 2. The number of hydrogen-bond acceptors (Lipinski definition) is 5. The highest BCUT2D eigenvalue weighted by molar-refractivity contribution is 7.85. The van der Waals surface area contributed by atoms with Crippen molar-refractivity contribution in [1.82, 2.24) is 0 Å². The van der Waals surface area contributed by atoms with Crippen LogP contribution in [0, 0.1) is 13.8 Å². The van der Waals surface area contributed by atoms with Crippen LogP contribution >= 0.6 is 0 Å². The lowest BCUT2D eigenvalue weighted by Crippen LogP contribution is -2.10. The fourth-order valence-corrected chi connectivity index (χ4v) is 3.85. The Labute approximate surface area is 166 Å². The minimum atomic E-state index is -0.877. The fraction of sp³-hybridized carbons (Fsp3) is 0.571. The van der Waals surface area contributed by atoms with Crippen LogP contribution in [-0.2, 0) is 15.6 Å². The lowest BCUT2D eigenvalue weighted by molar-refractivity contribution is 0.213. The first-order chi connectivity index (χ1) is 13.0. The summed E-state index contributed by atoms with van der Waals surface area (Å²) < 4.78 is 23.6. The van der Waals surface area contributed by atoms with Crippen LogP contribution in [0.15, 0.2) is 29.4 Å². The Hall–Kier alpha value is -1.82. The van der Waals surface area contributed by atoms with Gasteiger partial charge in [-0.2, -0.15) is 0 Å². The average Bonchev–Trinajstić information content (AvgIpc) is 2.60. The van der Waals surface area contributed by atoms with Crippen LogP contribution in [0.25, 0.3) is 0 Å². The molecule has 27 heavy (non-hydrogen) atoms. The Morgan fingerprint density at radius 3 is 2.48 bits per heavy atom. The number of benzene rings is 1. The van der Waals surface area contributed by atoms with Gasteiger partial charge in [0.15, 0.2) is 0 Å². The van der Waals surface area contributed by atoms with Crippen molar-refractivity contribution in [2.75, 3.05) is 31.8 Å². The van der Waals surface area contributed by atoms with Crippen molar-refractivity contribution < 1.29 is 18.5 Å². The van der Waals surface area contributed by atoms with E-state index in [9.17, 15) is 4.21 Å². The largest absolute Gasteiger partial charge is 0.493 e. The molecule has 1 unspecified atom stereocenters. The van der Waals surface area contributed by atoms with E-state index in [4.69, 9.17) is 9.47 Å². The van der Waals surface area contributed by atoms with Crippen LogP contribution in [0.3, 0.4) is 0 Å². The molecule has 0 radical (unpaired) electrons. The van der Waals surface area contributed by atoms with Gasteiger partial charge in [0.25, 0.3) is 0 Å². The number of oxime groups is 1. The van der Waals surface area contributed by atoms with E-state index in [2.05, 4.69) is 9.99 Å². The van der Waals surface area contributed by atoms with Gasteiger partial charge >= 0.3 is 0 Å². The van der Waals surface area contributed by atoms with Gasteiger partial charge in [0.05, 0.1) is 18.1 Å². The summed E-state index contributed by atoms with van der Waals surface area (Å²) in [6, 6.07) is 4.03. The average molecular weight is 396 g/mol. The van der Waals surface area contributed by atoms with Gasteiger partial charge in [-0.25, -0.2) is 0 Å². The molecular formula is C21H33NO4S. The molecule has 0 saturated carbocycles. The molecule has 0 aliphatic carbocycles. The van der Waals surface area contributed by atoms with Crippen LogP contribution in [0.2, 0.25) is 0 Å². The Bertz CT molecular complexity index is 633. The molecule has 1 rings (SSSR count). The van der Waals surface area contributed by atoms with Gasteiger partial charge in [0, 0.05) is 16.6 Å². The molecule has 0 aromatic heterocycles. The summed E-state index contributed by atoms with van der Waals surface area (Å²) in [5.74, 6) is 2.96. The van der Waals surface area contributed by atoms with E-state index in [0.29, 0.717) is 24.7 Å². The molecule has 0 bridgehead atoms. The van der Waals surface area contributed by atoms with Gasteiger partial charge in [-0.15, -0.1) is 0 Å². The molecule has 0 saturated heterocycles. The third kappa shape index (κ3) is 9.61. The highest BCUT2D eigenvalue weighted by Crippen LogP contribution is 2.28. The molecule has 0 fully saturated rings. The molecule has 152 valence electrons. The van der Waals surface area contributed by atoms with E-state index in [-0.39, 0.29) is 0 Å². The molecule has 0 spiro atoms. The van der Waals surface area contributed by atoms with Crippen molar-refractivity contribution in [2.24, 2.45) is 5.16 Å². The molecule has 0 aliphatic heterocycles. The Morgan fingerprint density at radius 2 is 1.85 bits per heavy atom. The molecule has 0 aliphatic rings. The second-order valence-electron chi connectivity index (χ2n) is 6.47. The number of nitrogens with zero attached hydrogens (tertiary/aromatic N) is 1. The van der Waals surface area contributed by atoms with E-state index in [1.54, 1.807) is 0 Å². The van der Waals surface area contributed by atoms with E-state index in [1.165, 1.54) is 7.11 Å². The lowest BCUT2D eigenvalue weighted by atomic mass is 10.1. The fourth-order valence-electron chi connectivity index (χ4n) is 2.67. The summed E-state index contributed by atoms with van der Waals surface area (Å²) in [5.41, 5.74) is 2.93. The first-order valence-corrected chi connectivity index (χ1v) is 10.9. The van der Waals surface area contributed by atoms with Crippen molar-refractivity contribution in [3.05, 3.63) is 35.4 Å². The number of allylic oxidation sites excluding steroid dienone is 1. The second-order valence-corrected chi connectivity index (χ2v) is 8.05. The SMILES string of the molecule is C/C=C/COc1cc(C)c(OCCCCCS(=O)C/C(C)=N/OC)c(C)c1. The molecule has 0 heterocycles. The number of rotatable bonds is 13. The molecule has 1 aromatic rings. The molecular weight excluding hydrogens is 362 g/mol. The maximum atomic E-state index is 11.9. The third-order valence-electron chi connectivity index (χ3n) is 3.90. The summed E-state index contributed by atoms with van der Waals surface area (Å²) in [6.45, 7) is 9.13. The summed E-state index contributed by atoms with van der Waals surface area (Å²) in [6.07, 6.45) is 6.82. The molecule has 5 nitrogen and oxygen atoms in total. The Morgan fingerprint density at radius 1 is 1.15 bits per heavy atom. The van der Waals surface area contributed by atoms with Crippen LogP contribution in [-0.4, -0.2) is 41.7 Å². The Kier molecular flexibility index (Phi) is 11.5. The zero-order valence-electron chi connectivity index (χ0n) is 17.2. The third-order valence-corrected chi connectivity index (χ3v) is 5.38. The number of aryl methyl sites for hydroxylation is 2. The van der Waals surface area contributed by atoms with Gasteiger partial charge in [-0.3, -0.25) is 4.21 Å². The smallest absolute Gasteiger partial charge is 0.125 e. The van der Waals surface area contributed by atoms with Gasteiger partial charge in [-0.1, -0.05) is 17.3 Å². The van der Waals surface area contributed by atoms with E-state index >= 15 is 0 Å². The van der Waals surface area contributed by atoms with Crippen LogP contribution in [0.4, 0.5) is 0 Å². The second kappa shape index (κ2) is 13.4. The van der Waals surface area contributed by atoms with Gasteiger partial charge < -0.3 is 14.3 Å². The lowest BCUT2D eigenvalue weighted by Gasteiger charge is -2.14. The van der Waals surface area contributed by atoms with Gasteiger partial charge in [-0.05, 0) is 70.2 Å². The van der Waals surface area contributed by atoms with Gasteiger partial charge in [0.2, 0.25) is 0 Å². The van der Waals surface area contributed by atoms with E-state index < -0.39 is 10.8 Å². The quantitative estimate of drug-likeness (QED) is 0.212. The summed E-state index contributed by atoms with van der Waals surface area (Å²) in [5, 5.41) is 3.79. The van der Waals surface area contributed by atoms with E-state index in [0.717, 1.165) is 47.6 Å². The molecule has 1 aromatic carbocycles. The first-order valence-electron chi connectivity index (χ1n) is 9.37. The zero-order chi connectivity index (χ0) is 20.1. The highest BCUT2D eigenvalue weighted by atomic mass is 32.2. The van der Waals surface area contributed by atoms with Crippen molar-refractivity contribution in [3.63, 3.8) is 0 Å². The summed E-state index contributed by atoms with van der Waals surface area (Å²) in [7, 11) is 0.623. The molecule has 1 atom stereocenters. The maximum absolute atomic E-state index is 11.9. The number of ether oxygens (including phenoxy) is 2. The monoisotopic (exact) mass is 395 g/mol.